The molecule has 104 valence electrons. The van der Waals surface area contributed by atoms with Crippen LogP contribution in [0.4, 0.5) is 0 Å². The van der Waals surface area contributed by atoms with Crippen LogP contribution in [0.5, 0.6) is 5.75 Å². The van der Waals surface area contributed by atoms with Crippen molar-refractivity contribution in [3.8, 4) is 5.75 Å². The highest BCUT2D eigenvalue weighted by Crippen LogP contribution is 2.23. The Bertz CT molecular complexity index is 412. The van der Waals surface area contributed by atoms with Gasteiger partial charge in [0, 0.05) is 57.4 Å². The molecule has 1 aromatic carbocycles. The number of likely N-dealkylation sites (tertiary alicyclic amines) is 1. The first-order valence-corrected chi connectivity index (χ1v) is 7.16. The van der Waals surface area contributed by atoms with Crippen LogP contribution in [0.3, 0.4) is 0 Å². The zero-order valence-electron chi connectivity index (χ0n) is 11.6. The van der Waals surface area contributed by atoms with Gasteiger partial charge >= 0.3 is 0 Å². The number of nitrogens with one attached hydrogen (secondary N) is 1. The lowest BCUT2D eigenvalue weighted by molar-refractivity contribution is 0.0219. The minimum atomic E-state index is 0.761. The Morgan fingerprint density at radius 3 is 2.68 bits per heavy atom. The molecule has 4 heteroatoms. The van der Waals surface area contributed by atoms with Crippen molar-refractivity contribution in [3.63, 3.8) is 0 Å². The predicted octanol–water partition coefficient (Wildman–Crippen LogP) is 0.785. The fraction of sp³-hybridized carbons (Fsp3) is 0.600. The average Bonchev–Trinajstić information content (AvgIpc) is 2.43. The van der Waals surface area contributed by atoms with Gasteiger partial charge in [-0.1, -0.05) is 18.2 Å². The summed E-state index contributed by atoms with van der Waals surface area (Å²) in [6.07, 6.45) is 0. The van der Waals surface area contributed by atoms with Gasteiger partial charge in [0.05, 0.1) is 7.11 Å². The highest BCUT2D eigenvalue weighted by molar-refractivity contribution is 5.33. The third kappa shape index (κ3) is 2.91. The summed E-state index contributed by atoms with van der Waals surface area (Å²) in [5.41, 5.74) is 1.30. The first-order valence-electron chi connectivity index (χ1n) is 7.16. The van der Waals surface area contributed by atoms with Gasteiger partial charge < -0.3 is 10.1 Å². The van der Waals surface area contributed by atoms with Crippen molar-refractivity contribution in [2.75, 3.05) is 46.4 Å². The molecule has 19 heavy (non-hydrogen) atoms. The minimum Gasteiger partial charge on any atom is -0.496 e. The number of hydrogen-bond acceptors (Lipinski definition) is 4. The second kappa shape index (κ2) is 5.90. The van der Waals surface area contributed by atoms with E-state index in [0.717, 1.165) is 31.4 Å². The molecular formula is C15H23N3O. The van der Waals surface area contributed by atoms with E-state index in [1.54, 1.807) is 7.11 Å². The van der Waals surface area contributed by atoms with E-state index >= 15 is 0 Å². The van der Waals surface area contributed by atoms with Crippen LogP contribution in [-0.2, 0) is 6.54 Å². The topological polar surface area (TPSA) is 27.7 Å². The third-order valence-corrected chi connectivity index (χ3v) is 4.19. The lowest BCUT2D eigenvalue weighted by Gasteiger charge is -2.47. The van der Waals surface area contributed by atoms with Crippen molar-refractivity contribution in [2.45, 2.75) is 12.6 Å². The van der Waals surface area contributed by atoms with E-state index in [-0.39, 0.29) is 0 Å². The Hall–Kier alpha value is -1.10. The van der Waals surface area contributed by atoms with Crippen LogP contribution >= 0.6 is 0 Å². The maximum atomic E-state index is 5.41. The standard InChI is InChI=1S/C15H23N3O/c1-19-15-5-3-2-4-13(15)10-17-11-14(12-17)18-8-6-16-7-9-18/h2-5,14,16H,6-12H2,1H3. The van der Waals surface area contributed by atoms with Crippen molar-refractivity contribution < 1.29 is 4.74 Å². The third-order valence-electron chi connectivity index (χ3n) is 4.19. The summed E-state index contributed by atoms with van der Waals surface area (Å²) in [5.74, 6) is 1.01. The van der Waals surface area contributed by atoms with Gasteiger partial charge in [-0.3, -0.25) is 9.80 Å². The molecular weight excluding hydrogens is 238 g/mol. The molecule has 4 nitrogen and oxygen atoms in total. The Balaban J connectivity index is 1.51. The zero-order chi connectivity index (χ0) is 13.1. The summed E-state index contributed by atoms with van der Waals surface area (Å²) in [5, 5.41) is 3.41. The molecule has 2 saturated heterocycles. The van der Waals surface area contributed by atoms with Crippen molar-refractivity contribution in [1.29, 1.82) is 0 Å². The van der Waals surface area contributed by atoms with Crippen molar-refractivity contribution in [3.05, 3.63) is 29.8 Å². The van der Waals surface area contributed by atoms with Crippen molar-refractivity contribution >= 4 is 0 Å². The van der Waals surface area contributed by atoms with Gasteiger partial charge in [0.15, 0.2) is 0 Å². The second-order valence-corrected chi connectivity index (χ2v) is 5.45. The molecule has 0 atom stereocenters. The van der Waals surface area contributed by atoms with Crippen LogP contribution < -0.4 is 10.1 Å². The fourth-order valence-corrected chi connectivity index (χ4v) is 3.02. The largest absolute Gasteiger partial charge is 0.496 e. The van der Waals surface area contributed by atoms with Gasteiger partial charge in [-0.15, -0.1) is 0 Å². The summed E-state index contributed by atoms with van der Waals surface area (Å²) in [6, 6.07) is 9.09. The summed E-state index contributed by atoms with van der Waals surface area (Å²) < 4.78 is 5.41. The van der Waals surface area contributed by atoms with Crippen LogP contribution in [-0.4, -0.2) is 62.2 Å². The highest BCUT2D eigenvalue weighted by Gasteiger charge is 2.32. The Morgan fingerprint density at radius 2 is 1.95 bits per heavy atom. The maximum Gasteiger partial charge on any atom is 0.123 e. The molecule has 0 radical (unpaired) electrons. The van der Waals surface area contributed by atoms with E-state index in [1.165, 1.54) is 31.7 Å². The number of benzene rings is 1. The molecule has 0 unspecified atom stereocenters. The second-order valence-electron chi connectivity index (χ2n) is 5.45. The molecule has 0 amide bonds. The Morgan fingerprint density at radius 1 is 1.21 bits per heavy atom. The smallest absolute Gasteiger partial charge is 0.123 e. The molecule has 3 rings (SSSR count). The average molecular weight is 261 g/mol. The molecule has 2 heterocycles. The van der Waals surface area contributed by atoms with Crippen LogP contribution in [0.25, 0.3) is 0 Å². The summed E-state index contributed by atoms with van der Waals surface area (Å²) in [7, 11) is 1.75. The lowest BCUT2D eigenvalue weighted by atomic mass is 10.0. The molecule has 1 aromatic rings. The van der Waals surface area contributed by atoms with Crippen LogP contribution in [0.15, 0.2) is 24.3 Å². The molecule has 2 fully saturated rings. The quantitative estimate of drug-likeness (QED) is 0.867. The first-order chi connectivity index (χ1) is 9.36. The summed E-state index contributed by atoms with van der Waals surface area (Å²) in [6.45, 7) is 8.08. The molecule has 2 aliphatic heterocycles. The van der Waals surface area contributed by atoms with E-state index in [1.807, 2.05) is 12.1 Å². The number of rotatable bonds is 4. The monoisotopic (exact) mass is 261 g/mol. The molecule has 1 N–H and O–H groups in total. The Kier molecular flexibility index (Phi) is 4.01. The van der Waals surface area contributed by atoms with Gasteiger partial charge in [-0.25, -0.2) is 0 Å². The van der Waals surface area contributed by atoms with E-state index in [4.69, 9.17) is 4.74 Å². The van der Waals surface area contributed by atoms with Gasteiger partial charge in [-0.2, -0.15) is 0 Å². The Labute approximate surface area is 115 Å². The van der Waals surface area contributed by atoms with Crippen LogP contribution in [0.1, 0.15) is 5.56 Å². The van der Waals surface area contributed by atoms with Crippen LogP contribution in [0.2, 0.25) is 0 Å². The number of nitrogens with zero attached hydrogens (tertiary/aromatic N) is 2. The van der Waals surface area contributed by atoms with E-state index < -0.39 is 0 Å². The van der Waals surface area contributed by atoms with E-state index in [0.29, 0.717) is 0 Å². The van der Waals surface area contributed by atoms with Gasteiger partial charge in [-0.05, 0) is 6.07 Å². The molecule has 0 aliphatic carbocycles. The predicted molar refractivity (Wildman–Crippen MR) is 76.5 cm³/mol. The normalized spacial score (nSPS) is 22.2. The molecule has 0 bridgehead atoms. The van der Waals surface area contributed by atoms with E-state index in [2.05, 4.69) is 27.2 Å². The molecule has 0 spiro atoms. The molecule has 2 aliphatic rings. The lowest BCUT2D eigenvalue weighted by Crippen LogP contribution is -2.62. The van der Waals surface area contributed by atoms with Crippen molar-refractivity contribution in [1.82, 2.24) is 15.1 Å². The van der Waals surface area contributed by atoms with Gasteiger partial charge in [0.25, 0.3) is 0 Å². The summed E-state index contributed by atoms with van der Waals surface area (Å²) >= 11 is 0. The highest BCUT2D eigenvalue weighted by atomic mass is 16.5. The SMILES string of the molecule is COc1ccccc1CN1CC(N2CCNCC2)C1. The zero-order valence-corrected chi connectivity index (χ0v) is 11.6. The first kappa shape index (κ1) is 12.9. The summed E-state index contributed by atoms with van der Waals surface area (Å²) in [4.78, 5) is 5.12. The van der Waals surface area contributed by atoms with Crippen molar-refractivity contribution in [2.24, 2.45) is 0 Å². The number of hydrogen-bond donors (Lipinski definition) is 1. The van der Waals surface area contributed by atoms with Crippen LogP contribution in [0, 0.1) is 0 Å². The molecule has 0 aromatic heterocycles. The van der Waals surface area contributed by atoms with E-state index in [9.17, 15) is 0 Å². The maximum absolute atomic E-state index is 5.41. The molecule has 0 saturated carbocycles. The van der Waals surface area contributed by atoms with Gasteiger partial charge in [0.2, 0.25) is 0 Å². The number of methoxy groups -OCH3 is 1. The fourth-order valence-electron chi connectivity index (χ4n) is 3.02. The number of para-hydroxylation sites is 1. The number of ether oxygens (including phenoxy) is 1. The minimum absolute atomic E-state index is 0.761. The number of piperazine rings is 1. The van der Waals surface area contributed by atoms with Gasteiger partial charge in [0.1, 0.15) is 5.75 Å².